The molecule has 0 aliphatic heterocycles. The van der Waals surface area contributed by atoms with Gasteiger partial charge in [0.15, 0.2) is 0 Å². The lowest BCUT2D eigenvalue weighted by Gasteiger charge is -2.03. The van der Waals surface area contributed by atoms with E-state index in [4.69, 9.17) is 0 Å². The van der Waals surface area contributed by atoms with Crippen molar-refractivity contribution in [2.24, 2.45) is 0 Å². The standard InChI is InChI=1S/C12H10N4O6/c1-22-12(19)8-9(16(20)21)10(11(17)18)15(14-8)6-7-2-4-13-5-3-7/h2-5H,6H2,1H3,(H,17,18). The van der Waals surface area contributed by atoms with Crippen molar-refractivity contribution in [2.45, 2.75) is 6.54 Å². The summed E-state index contributed by atoms with van der Waals surface area (Å²) in [6.45, 7) is -0.0675. The number of hydrogen-bond acceptors (Lipinski definition) is 7. The number of carbonyl (C=O) groups is 2. The highest BCUT2D eigenvalue weighted by atomic mass is 16.6. The zero-order valence-electron chi connectivity index (χ0n) is 11.3. The van der Waals surface area contributed by atoms with Gasteiger partial charge in [0.25, 0.3) is 0 Å². The summed E-state index contributed by atoms with van der Waals surface area (Å²) < 4.78 is 5.28. The normalized spacial score (nSPS) is 10.2. The molecule has 0 bridgehead atoms. The third-order valence-corrected chi connectivity index (χ3v) is 2.77. The Balaban J connectivity index is 2.60. The summed E-state index contributed by atoms with van der Waals surface area (Å²) in [4.78, 5) is 36.9. The molecule has 0 atom stereocenters. The number of nitro groups is 1. The maximum Gasteiger partial charge on any atom is 0.365 e. The molecule has 1 N–H and O–H groups in total. The zero-order chi connectivity index (χ0) is 16.3. The SMILES string of the molecule is COC(=O)c1nn(Cc2ccncc2)c(C(=O)O)c1[N+](=O)[O-]. The topological polar surface area (TPSA) is 137 Å². The van der Waals surface area contributed by atoms with Gasteiger partial charge in [-0.25, -0.2) is 14.3 Å². The van der Waals surface area contributed by atoms with E-state index in [0.29, 0.717) is 5.56 Å². The number of aromatic carboxylic acids is 1. The van der Waals surface area contributed by atoms with Crippen LogP contribution in [0.2, 0.25) is 0 Å². The van der Waals surface area contributed by atoms with Crippen LogP contribution in [0.3, 0.4) is 0 Å². The molecule has 114 valence electrons. The van der Waals surface area contributed by atoms with Crippen LogP contribution in [0.25, 0.3) is 0 Å². The Kier molecular flexibility index (Phi) is 4.11. The van der Waals surface area contributed by atoms with Crippen LogP contribution in [0, 0.1) is 10.1 Å². The first-order valence-corrected chi connectivity index (χ1v) is 5.91. The molecule has 2 aromatic rings. The Morgan fingerprint density at radius 2 is 2.05 bits per heavy atom. The van der Waals surface area contributed by atoms with Gasteiger partial charge in [-0.3, -0.25) is 15.1 Å². The Morgan fingerprint density at radius 1 is 1.41 bits per heavy atom. The van der Waals surface area contributed by atoms with Crippen LogP contribution < -0.4 is 0 Å². The Labute approximate surface area is 123 Å². The van der Waals surface area contributed by atoms with Crippen molar-refractivity contribution in [1.82, 2.24) is 14.8 Å². The summed E-state index contributed by atoms with van der Waals surface area (Å²) in [5, 5.41) is 24.0. The number of carboxylic acids is 1. The molecule has 0 saturated carbocycles. The Hall–Kier alpha value is -3.30. The van der Waals surface area contributed by atoms with Crippen LogP contribution in [0.1, 0.15) is 26.5 Å². The first-order valence-electron chi connectivity index (χ1n) is 5.91. The van der Waals surface area contributed by atoms with Crippen LogP contribution in [0.5, 0.6) is 0 Å². The van der Waals surface area contributed by atoms with E-state index in [1.807, 2.05) is 0 Å². The molecule has 10 nitrogen and oxygen atoms in total. The minimum Gasteiger partial charge on any atom is -0.476 e. The van der Waals surface area contributed by atoms with Gasteiger partial charge in [-0.1, -0.05) is 0 Å². The van der Waals surface area contributed by atoms with Gasteiger partial charge in [0.1, 0.15) is 0 Å². The van der Waals surface area contributed by atoms with Gasteiger partial charge in [-0.15, -0.1) is 0 Å². The second-order valence-electron chi connectivity index (χ2n) is 4.11. The molecule has 0 radical (unpaired) electrons. The number of nitrogens with zero attached hydrogens (tertiary/aromatic N) is 4. The van der Waals surface area contributed by atoms with Gasteiger partial charge in [-0.2, -0.15) is 5.10 Å². The molecule has 0 aliphatic carbocycles. The highest BCUT2D eigenvalue weighted by Gasteiger charge is 2.36. The summed E-state index contributed by atoms with van der Waals surface area (Å²) in [6.07, 6.45) is 2.96. The summed E-state index contributed by atoms with van der Waals surface area (Å²) in [5.74, 6) is -2.65. The van der Waals surface area contributed by atoms with Gasteiger partial charge in [-0.05, 0) is 17.7 Å². The number of carbonyl (C=O) groups excluding carboxylic acids is 1. The number of rotatable bonds is 5. The van der Waals surface area contributed by atoms with Crippen molar-refractivity contribution >= 4 is 17.6 Å². The average molecular weight is 306 g/mol. The molecule has 0 aliphatic rings. The number of ether oxygens (including phenoxy) is 1. The summed E-state index contributed by atoms with van der Waals surface area (Å²) in [5.41, 5.74) is -1.62. The first kappa shape index (κ1) is 15.1. The molecule has 0 unspecified atom stereocenters. The number of hydrogen-bond donors (Lipinski definition) is 1. The van der Waals surface area contributed by atoms with Crippen LogP contribution in [0.15, 0.2) is 24.5 Å². The first-order chi connectivity index (χ1) is 10.5. The third kappa shape index (κ3) is 2.75. The third-order valence-electron chi connectivity index (χ3n) is 2.77. The van der Waals surface area contributed by atoms with Crippen molar-refractivity contribution in [3.05, 3.63) is 51.6 Å². The van der Waals surface area contributed by atoms with Crippen LogP contribution >= 0.6 is 0 Å². The van der Waals surface area contributed by atoms with E-state index in [1.165, 1.54) is 12.4 Å². The highest BCUT2D eigenvalue weighted by molar-refractivity contribution is 5.99. The Morgan fingerprint density at radius 3 is 2.55 bits per heavy atom. The maximum absolute atomic E-state index is 11.6. The number of aromatic nitrogens is 3. The molecule has 2 aromatic heterocycles. The molecule has 0 aromatic carbocycles. The van der Waals surface area contributed by atoms with E-state index < -0.39 is 33.9 Å². The van der Waals surface area contributed by atoms with Gasteiger partial charge >= 0.3 is 17.6 Å². The molecule has 0 amide bonds. The molecule has 0 spiro atoms. The number of esters is 1. The molecular weight excluding hydrogens is 296 g/mol. The second-order valence-corrected chi connectivity index (χ2v) is 4.11. The van der Waals surface area contributed by atoms with Gasteiger partial charge < -0.3 is 9.84 Å². The second kappa shape index (κ2) is 5.99. The van der Waals surface area contributed by atoms with Gasteiger partial charge in [0.05, 0.1) is 18.6 Å². The summed E-state index contributed by atoms with van der Waals surface area (Å²) in [6, 6.07) is 3.19. The molecule has 2 heterocycles. The summed E-state index contributed by atoms with van der Waals surface area (Å²) >= 11 is 0. The van der Waals surface area contributed by atoms with Crippen LogP contribution in [-0.4, -0.2) is 43.8 Å². The minimum atomic E-state index is -1.57. The molecule has 0 fully saturated rings. The van der Waals surface area contributed by atoms with Gasteiger partial charge in [0.2, 0.25) is 11.4 Å². The zero-order valence-corrected chi connectivity index (χ0v) is 11.3. The molecule has 2 rings (SSSR count). The smallest absolute Gasteiger partial charge is 0.365 e. The van der Waals surface area contributed by atoms with Crippen molar-refractivity contribution in [1.29, 1.82) is 0 Å². The maximum atomic E-state index is 11.6. The summed E-state index contributed by atoms with van der Waals surface area (Å²) in [7, 11) is 1.02. The quantitative estimate of drug-likeness (QED) is 0.484. The van der Waals surface area contributed by atoms with E-state index in [2.05, 4.69) is 14.8 Å². The largest absolute Gasteiger partial charge is 0.476 e. The predicted octanol–water partition coefficient (Wildman–Crippen LogP) is 0.719. The molecule has 10 heteroatoms. The van der Waals surface area contributed by atoms with Crippen molar-refractivity contribution in [3.63, 3.8) is 0 Å². The highest BCUT2D eigenvalue weighted by Crippen LogP contribution is 2.25. The predicted molar refractivity (Wildman–Crippen MR) is 70.5 cm³/mol. The van der Waals surface area contributed by atoms with Crippen molar-refractivity contribution in [3.8, 4) is 0 Å². The van der Waals surface area contributed by atoms with Gasteiger partial charge in [0, 0.05) is 12.4 Å². The molecule has 22 heavy (non-hydrogen) atoms. The number of carboxylic acid groups (broad SMARTS) is 1. The lowest BCUT2D eigenvalue weighted by Crippen LogP contribution is -2.12. The fraction of sp³-hybridized carbons (Fsp3) is 0.167. The molecular formula is C12H10N4O6. The molecule has 0 saturated heterocycles. The van der Waals surface area contributed by atoms with Crippen molar-refractivity contribution in [2.75, 3.05) is 7.11 Å². The lowest BCUT2D eigenvalue weighted by molar-refractivity contribution is -0.385. The fourth-order valence-electron chi connectivity index (χ4n) is 1.85. The monoisotopic (exact) mass is 306 g/mol. The fourth-order valence-corrected chi connectivity index (χ4v) is 1.85. The lowest BCUT2D eigenvalue weighted by atomic mass is 10.2. The average Bonchev–Trinajstić information content (AvgIpc) is 2.87. The minimum absolute atomic E-state index is 0.0675. The van der Waals surface area contributed by atoms with E-state index >= 15 is 0 Å². The van der Waals surface area contributed by atoms with E-state index in [-0.39, 0.29) is 6.54 Å². The van der Waals surface area contributed by atoms with E-state index in [0.717, 1.165) is 11.8 Å². The van der Waals surface area contributed by atoms with Crippen molar-refractivity contribution < 1.29 is 24.4 Å². The van der Waals surface area contributed by atoms with E-state index in [1.54, 1.807) is 12.1 Å². The van der Waals surface area contributed by atoms with Crippen LogP contribution in [0.4, 0.5) is 5.69 Å². The van der Waals surface area contributed by atoms with Crippen LogP contribution in [-0.2, 0) is 11.3 Å². The van der Waals surface area contributed by atoms with E-state index in [9.17, 15) is 24.8 Å². The number of pyridine rings is 1. The Bertz CT molecular complexity index is 740. The number of methoxy groups -OCH3 is 1.